The highest BCUT2D eigenvalue weighted by molar-refractivity contribution is 5.89. The van der Waals surface area contributed by atoms with E-state index in [4.69, 9.17) is 0 Å². The first kappa shape index (κ1) is 13.6. The molecule has 1 saturated carbocycles. The van der Waals surface area contributed by atoms with E-state index in [2.05, 4.69) is 10.6 Å². The molecule has 1 saturated heterocycles. The Morgan fingerprint density at radius 1 is 1.30 bits per heavy atom. The number of piperidine rings is 1. The van der Waals surface area contributed by atoms with Crippen molar-refractivity contribution in [3.05, 3.63) is 35.6 Å². The minimum Gasteiger partial charge on any atom is -0.353 e. The van der Waals surface area contributed by atoms with Gasteiger partial charge in [-0.05, 0) is 56.5 Å². The lowest BCUT2D eigenvalue weighted by molar-refractivity contribution is -0.130. The first-order valence-corrected chi connectivity index (χ1v) is 7.48. The van der Waals surface area contributed by atoms with Crippen LogP contribution in [0.25, 0.3) is 0 Å². The number of amides is 1. The van der Waals surface area contributed by atoms with Crippen molar-refractivity contribution in [1.82, 2.24) is 10.6 Å². The molecule has 0 spiro atoms. The molecule has 2 N–H and O–H groups in total. The van der Waals surface area contributed by atoms with E-state index in [0.29, 0.717) is 0 Å². The van der Waals surface area contributed by atoms with Gasteiger partial charge in [0.2, 0.25) is 5.91 Å². The third-order valence-electron chi connectivity index (χ3n) is 4.69. The van der Waals surface area contributed by atoms with Crippen molar-refractivity contribution in [2.45, 2.75) is 43.6 Å². The molecule has 1 aromatic rings. The topological polar surface area (TPSA) is 41.1 Å². The van der Waals surface area contributed by atoms with Gasteiger partial charge in [0.1, 0.15) is 5.82 Å². The van der Waals surface area contributed by atoms with Crippen LogP contribution < -0.4 is 10.6 Å². The van der Waals surface area contributed by atoms with Gasteiger partial charge in [0.25, 0.3) is 0 Å². The molecule has 3 nitrogen and oxygen atoms in total. The number of hydrogen-bond donors (Lipinski definition) is 2. The molecule has 4 heteroatoms. The summed E-state index contributed by atoms with van der Waals surface area (Å²) in [5.41, 5.74) is 0.336. The zero-order chi connectivity index (χ0) is 14.0. The molecule has 0 aromatic heterocycles. The molecule has 0 unspecified atom stereocenters. The van der Waals surface area contributed by atoms with Gasteiger partial charge in [-0.15, -0.1) is 0 Å². The summed E-state index contributed by atoms with van der Waals surface area (Å²) in [7, 11) is 0. The highest BCUT2D eigenvalue weighted by Crippen LogP contribution is 2.44. The van der Waals surface area contributed by atoms with Crippen molar-refractivity contribution in [2.75, 3.05) is 13.1 Å². The summed E-state index contributed by atoms with van der Waals surface area (Å²) < 4.78 is 13.4. The third kappa shape index (κ3) is 2.44. The van der Waals surface area contributed by atoms with Crippen molar-refractivity contribution in [3.63, 3.8) is 0 Å². The largest absolute Gasteiger partial charge is 0.353 e. The molecule has 1 aliphatic heterocycles. The normalized spacial score (nSPS) is 22.1. The van der Waals surface area contributed by atoms with E-state index in [1.807, 2.05) is 6.07 Å². The zero-order valence-corrected chi connectivity index (χ0v) is 11.6. The summed E-state index contributed by atoms with van der Waals surface area (Å²) in [6, 6.07) is 6.78. The summed E-state index contributed by atoms with van der Waals surface area (Å²) in [5.74, 6) is -0.176. The van der Waals surface area contributed by atoms with Crippen LogP contribution in [-0.2, 0) is 10.2 Å². The number of halogens is 1. The monoisotopic (exact) mass is 276 g/mol. The number of benzene rings is 1. The van der Waals surface area contributed by atoms with Crippen molar-refractivity contribution in [2.24, 2.45) is 0 Å². The van der Waals surface area contributed by atoms with Gasteiger partial charge in [-0.25, -0.2) is 4.39 Å². The Bertz CT molecular complexity index is 493. The van der Waals surface area contributed by atoms with Gasteiger partial charge >= 0.3 is 0 Å². The molecule has 0 radical (unpaired) electrons. The maximum absolute atomic E-state index is 13.4. The summed E-state index contributed by atoms with van der Waals surface area (Å²) >= 11 is 0. The fourth-order valence-corrected chi connectivity index (χ4v) is 3.25. The van der Waals surface area contributed by atoms with E-state index in [-0.39, 0.29) is 17.8 Å². The SMILES string of the molecule is O=C(NC1CCNCC1)C1(c2cccc(F)c2)CCC1. The average molecular weight is 276 g/mol. The Hall–Kier alpha value is -1.42. The van der Waals surface area contributed by atoms with Crippen LogP contribution in [0.2, 0.25) is 0 Å². The Morgan fingerprint density at radius 3 is 2.65 bits per heavy atom. The van der Waals surface area contributed by atoms with E-state index < -0.39 is 5.41 Å². The first-order chi connectivity index (χ1) is 9.71. The van der Waals surface area contributed by atoms with E-state index in [1.54, 1.807) is 6.07 Å². The first-order valence-electron chi connectivity index (χ1n) is 7.48. The molecular formula is C16H21FN2O. The molecule has 2 fully saturated rings. The lowest BCUT2D eigenvalue weighted by atomic mass is 9.63. The van der Waals surface area contributed by atoms with Gasteiger partial charge in [0.05, 0.1) is 5.41 Å². The molecule has 1 aliphatic carbocycles. The number of rotatable bonds is 3. The predicted octanol–water partition coefficient (Wildman–Crippen LogP) is 2.12. The van der Waals surface area contributed by atoms with Gasteiger partial charge in [-0.2, -0.15) is 0 Å². The smallest absolute Gasteiger partial charge is 0.230 e. The number of carbonyl (C=O) groups excluding carboxylic acids is 1. The van der Waals surface area contributed by atoms with E-state index >= 15 is 0 Å². The Kier molecular flexibility index (Phi) is 3.74. The minimum atomic E-state index is -0.493. The summed E-state index contributed by atoms with van der Waals surface area (Å²) in [6.07, 6.45) is 4.65. The second kappa shape index (κ2) is 5.52. The maximum Gasteiger partial charge on any atom is 0.230 e. The predicted molar refractivity (Wildman–Crippen MR) is 76.0 cm³/mol. The third-order valence-corrected chi connectivity index (χ3v) is 4.69. The Labute approximate surface area is 118 Å². The van der Waals surface area contributed by atoms with Crippen LogP contribution >= 0.6 is 0 Å². The number of nitrogens with one attached hydrogen (secondary N) is 2. The summed E-state index contributed by atoms with van der Waals surface area (Å²) in [4.78, 5) is 12.7. The van der Waals surface area contributed by atoms with E-state index in [1.165, 1.54) is 12.1 Å². The molecule has 3 rings (SSSR count). The van der Waals surface area contributed by atoms with Crippen LogP contribution in [0, 0.1) is 5.82 Å². The van der Waals surface area contributed by atoms with Gasteiger partial charge in [0.15, 0.2) is 0 Å². The fourth-order valence-electron chi connectivity index (χ4n) is 3.25. The molecule has 1 heterocycles. The molecule has 2 aliphatic rings. The van der Waals surface area contributed by atoms with Crippen LogP contribution in [0.1, 0.15) is 37.7 Å². The van der Waals surface area contributed by atoms with Crippen LogP contribution in [0.3, 0.4) is 0 Å². The van der Waals surface area contributed by atoms with Crippen LogP contribution in [0.5, 0.6) is 0 Å². The van der Waals surface area contributed by atoms with Crippen LogP contribution in [0.4, 0.5) is 4.39 Å². The molecule has 0 bridgehead atoms. The Morgan fingerprint density at radius 2 is 2.05 bits per heavy atom. The highest BCUT2D eigenvalue weighted by atomic mass is 19.1. The molecule has 1 aromatic carbocycles. The van der Waals surface area contributed by atoms with Crippen molar-refractivity contribution in [1.29, 1.82) is 0 Å². The number of hydrogen-bond acceptors (Lipinski definition) is 2. The van der Waals surface area contributed by atoms with Gasteiger partial charge < -0.3 is 10.6 Å². The quantitative estimate of drug-likeness (QED) is 0.888. The zero-order valence-electron chi connectivity index (χ0n) is 11.6. The molecule has 20 heavy (non-hydrogen) atoms. The maximum atomic E-state index is 13.4. The highest BCUT2D eigenvalue weighted by Gasteiger charge is 2.46. The second-order valence-electron chi connectivity index (χ2n) is 5.94. The van der Waals surface area contributed by atoms with Crippen LogP contribution in [-0.4, -0.2) is 25.0 Å². The lowest BCUT2D eigenvalue weighted by Crippen LogP contribution is -2.53. The second-order valence-corrected chi connectivity index (χ2v) is 5.94. The van der Waals surface area contributed by atoms with Gasteiger partial charge in [-0.3, -0.25) is 4.79 Å². The van der Waals surface area contributed by atoms with Crippen molar-refractivity contribution < 1.29 is 9.18 Å². The van der Waals surface area contributed by atoms with Crippen molar-refractivity contribution in [3.8, 4) is 0 Å². The fraction of sp³-hybridized carbons (Fsp3) is 0.562. The van der Waals surface area contributed by atoms with E-state index in [9.17, 15) is 9.18 Å². The number of carbonyl (C=O) groups is 1. The summed E-state index contributed by atoms with van der Waals surface area (Å²) in [6.45, 7) is 1.91. The average Bonchev–Trinajstić information content (AvgIpc) is 2.38. The van der Waals surface area contributed by atoms with Gasteiger partial charge in [0, 0.05) is 6.04 Å². The summed E-state index contributed by atoms with van der Waals surface area (Å²) in [5, 5.41) is 6.47. The Balaban J connectivity index is 1.76. The van der Waals surface area contributed by atoms with Crippen LogP contribution in [0.15, 0.2) is 24.3 Å². The molecule has 108 valence electrons. The minimum absolute atomic E-state index is 0.0845. The van der Waals surface area contributed by atoms with Gasteiger partial charge in [-0.1, -0.05) is 18.6 Å². The molecular weight excluding hydrogens is 255 g/mol. The van der Waals surface area contributed by atoms with E-state index in [0.717, 1.165) is 50.8 Å². The van der Waals surface area contributed by atoms with Crippen molar-refractivity contribution >= 4 is 5.91 Å². The molecule has 0 atom stereocenters. The standard InChI is InChI=1S/C16H21FN2O/c17-13-4-1-3-12(11-13)16(7-2-8-16)15(20)19-14-5-9-18-10-6-14/h1,3-4,11,14,18H,2,5-10H2,(H,19,20). The lowest BCUT2D eigenvalue weighted by Gasteiger charge is -2.42. The molecule has 1 amide bonds.